The summed E-state index contributed by atoms with van der Waals surface area (Å²) < 4.78 is 5.19. The Morgan fingerprint density at radius 3 is 2.50 bits per heavy atom. The van der Waals surface area contributed by atoms with Gasteiger partial charge in [-0.1, -0.05) is 5.16 Å². The van der Waals surface area contributed by atoms with Gasteiger partial charge in [0.25, 0.3) is 5.91 Å². The van der Waals surface area contributed by atoms with Crippen molar-refractivity contribution >= 4 is 23.2 Å². The lowest BCUT2D eigenvalue weighted by Gasteiger charge is -2.43. The Morgan fingerprint density at radius 2 is 1.87 bits per heavy atom. The van der Waals surface area contributed by atoms with E-state index in [4.69, 9.17) is 4.52 Å². The van der Waals surface area contributed by atoms with Crippen LogP contribution in [0.1, 0.15) is 64.5 Å². The highest BCUT2D eigenvalue weighted by molar-refractivity contribution is 7.11. The summed E-state index contributed by atoms with van der Waals surface area (Å²) in [6, 6.07) is 0.271. The maximum atomic E-state index is 13.2. The molecule has 8 heteroatoms. The second kappa shape index (κ2) is 8.88. The second-order valence-electron chi connectivity index (χ2n) is 8.53. The third-order valence-corrected chi connectivity index (χ3v) is 7.61. The molecular formula is C22H30N4O3S. The summed E-state index contributed by atoms with van der Waals surface area (Å²) in [6.45, 7) is 7.98. The van der Waals surface area contributed by atoms with Gasteiger partial charge in [0, 0.05) is 31.2 Å². The highest BCUT2D eigenvalue weighted by Crippen LogP contribution is 2.32. The molecule has 2 aromatic rings. The molecule has 2 aliphatic rings. The molecule has 1 atom stereocenters. The molecule has 7 nitrogen and oxygen atoms in total. The molecule has 2 aromatic heterocycles. The number of hydrogen-bond donors (Lipinski definition) is 0. The summed E-state index contributed by atoms with van der Waals surface area (Å²) in [5.74, 6) is 1.45. The molecule has 4 rings (SSSR count). The van der Waals surface area contributed by atoms with Crippen molar-refractivity contribution < 1.29 is 14.1 Å². The monoisotopic (exact) mass is 430 g/mol. The average molecular weight is 431 g/mol. The van der Waals surface area contributed by atoms with Crippen molar-refractivity contribution in [1.82, 2.24) is 19.9 Å². The van der Waals surface area contributed by atoms with E-state index >= 15 is 0 Å². The Hall–Kier alpha value is -2.22. The number of aromatic nitrogens is 2. The molecule has 2 fully saturated rings. The maximum Gasteiger partial charge on any atom is 0.266 e. The number of aryl methyl sites for hydroxylation is 3. The first-order chi connectivity index (χ1) is 14.5. The SMILES string of the molecule is Cc1ncsc1C(=O)N1CCCCC1C1CCN(C(=O)Cc2c(C)noc2C)CC1. The fraction of sp³-hybridized carbons (Fsp3) is 0.636. The highest BCUT2D eigenvalue weighted by Gasteiger charge is 2.36. The summed E-state index contributed by atoms with van der Waals surface area (Å²) in [5, 5.41) is 3.95. The molecule has 0 aromatic carbocycles. The van der Waals surface area contributed by atoms with Gasteiger partial charge in [-0.3, -0.25) is 9.59 Å². The molecule has 30 heavy (non-hydrogen) atoms. The normalized spacial score (nSPS) is 20.6. The molecular weight excluding hydrogens is 400 g/mol. The van der Waals surface area contributed by atoms with Crippen LogP contribution in [0.2, 0.25) is 0 Å². The molecule has 0 N–H and O–H groups in total. The number of rotatable bonds is 4. The average Bonchev–Trinajstić information content (AvgIpc) is 3.33. The molecule has 0 spiro atoms. The van der Waals surface area contributed by atoms with E-state index in [-0.39, 0.29) is 17.9 Å². The van der Waals surface area contributed by atoms with Crippen LogP contribution >= 0.6 is 11.3 Å². The minimum atomic E-state index is 0.136. The molecule has 2 aliphatic heterocycles. The smallest absolute Gasteiger partial charge is 0.266 e. The lowest BCUT2D eigenvalue weighted by Crippen LogP contribution is -2.51. The van der Waals surface area contributed by atoms with E-state index in [1.807, 2.05) is 25.7 Å². The van der Waals surface area contributed by atoms with Crippen LogP contribution in [-0.4, -0.2) is 57.4 Å². The Balaban J connectivity index is 1.38. The van der Waals surface area contributed by atoms with Crippen LogP contribution in [0.4, 0.5) is 0 Å². The lowest BCUT2D eigenvalue weighted by atomic mass is 9.83. The Morgan fingerprint density at radius 1 is 1.10 bits per heavy atom. The molecule has 162 valence electrons. The number of nitrogens with zero attached hydrogens (tertiary/aromatic N) is 4. The summed E-state index contributed by atoms with van der Waals surface area (Å²) >= 11 is 1.44. The largest absolute Gasteiger partial charge is 0.361 e. The molecule has 2 amide bonds. The van der Waals surface area contributed by atoms with Crippen LogP contribution in [0.15, 0.2) is 10.0 Å². The van der Waals surface area contributed by atoms with Crippen molar-refractivity contribution in [3.8, 4) is 0 Å². The van der Waals surface area contributed by atoms with Crippen LogP contribution in [0.5, 0.6) is 0 Å². The number of hydrogen-bond acceptors (Lipinski definition) is 6. The predicted molar refractivity (Wildman–Crippen MR) is 115 cm³/mol. The number of thiazole rings is 1. The van der Waals surface area contributed by atoms with E-state index in [0.717, 1.165) is 72.9 Å². The molecule has 0 aliphatic carbocycles. The molecule has 0 bridgehead atoms. The van der Waals surface area contributed by atoms with Gasteiger partial charge >= 0.3 is 0 Å². The zero-order chi connectivity index (χ0) is 21.3. The van der Waals surface area contributed by atoms with Crippen LogP contribution in [0, 0.1) is 26.7 Å². The van der Waals surface area contributed by atoms with Gasteiger partial charge in [0.1, 0.15) is 10.6 Å². The quantitative estimate of drug-likeness (QED) is 0.741. The third-order valence-electron chi connectivity index (χ3n) is 6.70. The van der Waals surface area contributed by atoms with Crippen LogP contribution in [-0.2, 0) is 11.2 Å². The topological polar surface area (TPSA) is 79.5 Å². The van der Waals surface area contributed by atoms with Gasteiger partial charge in [-0.25, -0.2) is 4.98 Å². The number of likely N-dealkylation sites (tertiary alicyclic amines) is 2. The van der Waals surface area contributed by atoms with Gasteiger partial charge in [0.2, 0.25) is 5.91 Å². The number of amides is 2. The summed E-state index contributed by atoms with van der Waals surface area (Å²) in [5.41, 5.74) is 4.29. The first-order valence-corrected chi connectivity index (χ1v) is 11.7. The molecule has 2 saturated heterocycles. The van der Waals surface area contributed by atoms with E-state index in [9.17, 15) is 9.59 Å². The second-order valence-corrected chi connectivity index (χ2v) is 9.38. The lowest BCUT2D eigenvalue weighted by molar-refractivity contribution is -0.132. The number of piperidine rings is 2. The van der Waals surface area contributed by atoms with Gasteiger partial charge in [-0.2, -0.15) is 0 Å². The summed E-state index contributed by atoms with van der Waals surface area (Å²) in [4.78, 5) is 35.1. The minimum absolute atomic E-state index is 0.136. The van der Waals surface area contributed by atoms with Crippen LogP contribution < -0.4 is 0 Å². The minimum Gasteiger partial charge on any atom is -0.361 e. The van der Waals surface area contributed by atoms with Gasteiger partial charge in [0.05, 0.1) is 23.3 Å². The van der Waals surface area contributed by atoms with Gasteiger partial charge in [0.15, 0.2) is 0 Å². The summed E-state index contributed by atoms with van der Waals surface area (Å²) in [6.07, 6.45) is 5.54. The fourth-order valence-corrected chi connectivity index (χ4v) is 5.65. The fourth-order valence-electron chi connectivity index (χ4n) is 4.89. The molecule has 0 saturated carbocycles. The zero-order valence-corrected chi connectivity index (χ0v) is 18.8. The maximum absolute atomic E-state index is 13.2. The van der Waals surface area contributed by atoms with Gasteiger partial charge < -0.3 is 14.3 Å². The third kappa shape index (κ3) is 4.15. The Bertz CT molecular complexity index is 894. The van der Waals surface area contributed by atoms with Crippen LogP contribution in [0.25, 0.3) is 0 Å². The first-order valence-electron chi connectivity index (χ1n) is 10.9. The van der Waals surface area contributed by atoms with Crippen molar-refractivity contribution in [2.75, 3.05) is 19.6 Å². The van der Waals surface area contributed by atoms with E-state index < -0.39 is 0 Å². The van der Waals surface area contributed by atoms with Gasteiger partial charge in [-0.15, -0.1) is 11.3 Å². The number of carbonyl (C=O) groups excluding carboxylic acids is 2. The Kier molecular flexibility index (Phi) is 6.22. The van der Waals surface area contributed by atoms with E-state index in [1.54, 1.807) is 5.51 Å². The highest BCUT2D eigenvalue weighted by atomic mass is 32.1. The van der Waals surface area contributed by atoms with E-state index in [1.165, 1.54) is 17.8 Å². The van der Waals surface area contributed by atoms with E-state index in [2.05, 4.69) is 15.0 Å². The molecule has 0 radical (unpaired) electrons. The molecule has 1 unspecified atom stereocenters. The van der Waals surface area contributed by atoms with Crippen molar-refractivity contribution in [2.45, 2.75) is 65.3 Å². The van der Waals surface area contributed by atoms with E-state index in [0.29, 0.717) is 12.3 Å². The Labute approximate surface area is 181 Å². The standard InChI is InChI=1S/C22H30N4O3S/c1-14-18(16(3)29-24-14)12-20(27)25-10-7-17(8-11-25)19-6-4-5-9-26(19)22(28)21-15(2)23-13-30-21/h13,17,19H,4-12H2,1-3H3. The van der Waals surface area contributed by atoms with Crippen LogP contribution in [0.3, 0.4) is 0 Å². The van der Waals surface area contributed by atoms with Crippen molar-refractivity contribution in [3.05, 3.63) is 33.1 Å². The van der Waals surface area contributed by atoms with Crippen molar-refractivity contribution in [3.63, 3.8) is 0 Å². The molecule has 4 heterocycles. The van der Waals surface area contributed by atoms with Gasteiger partial charge in [-0.05, 0) is 58.8 Å². The predicted octanol–water partition coefficient (Wildman–Crippen LogP) is 3.53. The first kappa shape index (κ1) is 21.0. The number of carbonyl (C=O) groups is 2. The zero-order valence-electron chi connectivity index (χ0n) is 18.0. The summed E-state index contributed by atoms with van der Waals surface area (Å²) in [7, 11) is 0. The van der Waals surface area contributed by atoms with Crippen molar-refractivity contribution in [1.29, 1.82) is 0 Å². The van der Waals surface area contributed by atoms with Crippen molar-refractivity contribution in [2.24, 2.45) is 5.92 Å².